The number of hydrogen-bond donors (Lipinski definition) is 1. The molecule has 1 aliphatic rings. The van der Waals surface area contributed by atoms with Crippen LogP contribution in [0, 0.1) is 0 Å². The minimum Gasteiger partial charge on any atom is -0.371 e. The monoisotopic (exact) mass is 488 g/mol. The molecule has 0 spiro atoms. The minimum absolute atomic E-state index is 0.381. The lowest BCUT2D eigenvalue weighted by Gasteiger charge is -2.29. The summed E-state index contributed by atoms with van der Waals surface area (Å²) in [5.74, 6) is 0. The Kier molecular flexibility index (Phi) is 5.72. The SMILES string of the molecule is Clc1ccc(C2=Nc3cc(Cl)c(Cl)cc3NC2c2ccc(Cl)cc2Cl)c(Cl)c1. The Labute approximate surface area is 192 Å². The van der Waals surface area contributed by atoms with Gasteiger partial charge in [0.25, 0.3) is 0 Å². The molecule has 1 aliphatic heterocycles. The molecule has 4 rings (SSSR count). The van der Waals surface area contributed by atoms with Crippen LogP contribution in [0.3, 0.4) is 0 Å². The zero-order valence-corrected chi connectivity index (χ0v) is 18.4. The van der Waals surface area contributed by atoms with Crippen molar-refractivity contribution in [2.45, 2.75) is 6.04 Å². The van der Waals surface area contributed by atoms with Gasteiger partial charge in [0, 0.05) is 20.6 Å². The van der Waals surface area contributed by atoms with Crippen molar-refractivity contribution < 1.29 is 0 Å². The van der Waals surface area contributed by atoms with Crippen molar-refractivity contribution in [2.24, 2.45) is 4.99 Å². The third-order valence-electron chi connectivity index (χ3n) is 4.33. The molecule has 0 saturated carbocycles. The van der Waals surface area contributed by atoms with Crippen molar-refractivity contribution in [1.82, 2.24) is 0 Å². The molecule has 3 aromatic carbocycles. The fraction of sp³-hybridized carbons (Fsp3) is 0.0500. The third-order valence-corrected chi connectivity index (χ3v) is 6.17. The van der Waals surface area contributed by atoms with Gasteiger partial charge in [0.15, 0.2) is 0 Å². The van der Waals surface area contributed by atoms with E-state index in [4.69, 9.17) is 74.6 Å². The average Bonchev–Trinajstić information content (AvgIpc) is 2.62. The quantitative estimate of drug-likeness (QED) is 0.381. The molecule has 0 radical (unpaired) electrons. The van der Waals surface area contributed by atoms with Crippen LogP contribution in [0.5, 0.6) is 0 Å². The molecule has 0 bridgehead atoms. The smallest absolute Gasteiger partial charge is 0.0962 e. The Balaban J connectivity index is 1.94. The van der Waals surface area contributed by atoms with E-state index in [9.17, 15) is 0 Å². The number of nitrogens with one attached hydrogen (secondary N) is 1. The predicted octanol–water partition coefficient (Wildman–Crippen LogP) is 8.89. The van der Waals surface area contributed by atoms with E-state index in [1.807, 2.05) is 12.1 Å². The van der Waals surface area contributed by atoms with Crippen molar-refractivity contribution in [3.63, 3.8) is 0 Å². The number of nitrogens with zero attached hydrogens (tertiary/aromatic N) is 1. The van der Waals surface area contributed by atoms with Gasteiger partial charge in [-0.05, 0) is 42.0 Å². The van der Waals surface area contributed by atoms with Crippen molar-refractivity contribution in [3.05, 3.63) is 89.8 Å². The molecule has 1 unspecified atom stereocenters. The first-order valence-electron chi connectivity index (χ1n) is 8.08. The van der Waals surface area contributed by atoms with Crippen molar-refractivity contribution in [3.8, 4) is 0 Å². The van der Waals surface area contributed by atoms with Gasteiger partial charge < -0.3 is 5.32 Å². The number of benzene rings is 3. The summed E-state index contributed by atoms with van der Waals surface area (Å²) in [6.07, 6.45) is 0. The number of rotatable bonds is 2. The van der Waals surface area contributed by atoms with Crippen molar-refractivity contribution in [2.75, 3.05) is 5.32 Å². The highest BCUT2D eigenvalue weighted by atomic mass is 35.5. The second kappa shape index (κ2) is 7.95. The molecule has 0 saturated heterocycles. The Morgan fingerprint density at radius 1 is 0.679 bits per heavy atom. The van der Waals surface area contributed by atoms with Gasteiger partial charge in [0.2, 0.25) is 0 Å². The highest BCUT2D eigenvalue weighted by Crippen LogP contribution is 2.43. The van der Waals surface area contributed by atoms with Crippen LogP contribution in [0.15, 0.2) is 53.5 Å². The Hall–Kier alpha value is -1.13. The second-order valence-electron chi connectivity index (χ2n) is 6.15. The maximum absolute atomic E-state index is 6.48. The first-order valence-corrected chi connectivity index (χ1v) is 10.3. The summed E-state index contributed by atoms with van der Waals surface area (Å²) >= 11 is 37.5. The van der Waals surface area contributed by atoms with Crippen LogP contribution in [-0.4, -0.2) is 5.71 Å². The summed E-state index contributed by atoms with van der Waals surface area (Å²) in [5, 5.41) is 6.34. The third kappa shape index (κ3) is 3.82. The molecule has 2 nitrogen and oxygen atoms in total. The largest absolute Gasteiger partial charge is 0.371 e. The summed E-state index contributed by atoms with van der Waals surface area (Å²) < 4.78 is 0. The first-order chi connectivity index (χ1) is 13.3. The standard InChI is InChI=1S/C20H10Cl6N2/c21-9-1-3-11(13(23)5-9)19-20(12-4-2-10(22)6-14(12)24)28-18-8-16(26)15(25)7-17(18)27-19/h1-8,19,27H. The highest BCUT2D eigenvalue weighted by Gasteiger charge is 2.29. The van der Waals surface area contributed by atoms with Gasteiger partial charge in [-0.3, -0.25) is 0 Å². The van der Waals surface area contributed by atoms with Gasteiger partial charge in [-0.25, -0.2) is 4.99 Å². The summed E-state index contributed by atoms with van der Waals surface area (Å²) in [6.45, 7) is 0. The summed E-state index contributed by atoms with van der Waals surface area (Å²) in [6, 6.07) is 13.6. The number of halogens is 6. The summed E-state index contributed by atoms with van der Waals surface area (Å²) in [4.78, 5) is 4.82. The van der Waals surface area contributed by atoms with Crippen LogP contribution in [0.25, 0.3) is 0 Å². The van der Waals surface area contributed by atoms with Crippen LogP contribution in [0.1, 0.15) is 17.2 Å². The molecule has 0 aliphatic carbocycles. The van der Waals surface area contributed by atoms with Gasteiger partial charge in [0.05, 0.1) is 38.2 Å². The molecule has 28 heavy (non-hydrogen) atoms. The molecule has 0 fully saturated rings. The van der Waals surface area contributed by atoms with E-state index in [0.29, 0.717) is 41.5 Å². The Bertz CT molecular complexity index is 1130. The van der Waals surface area contributed by atoms with Crippen molar-refractivity contribution >= 4 is 86.7 Å². The van der Waals surface area contributed by atoms with Crippen LogP contribution < -0.4 is 5.32 Å². The molecular weight excluding hydrogens is 481 g/mol. The molecule has 0 aromatic heterocycles. The lowest BCUT2D eigenvalue weighted by atomic mass is 9.94. The van der Waals surface area contributed by atoms with Gasteiger partial charge in [-0.1, -0.05) is 81.7 Å². The fourth-order valence-electron chi connectivity index (χ4n) is 3.04. The van der Waals surface area contributed by atoms with Crippen molar-refractivity contribution in [1.29, 1.82) is 0 Å². The summed E-state index contributed by atoms with van der Waals surface area (Å²) in [5.41, 5.74) is 3.59. The molecule has 8 heteroatoms. The predicted molar refractivity (Wildman–Crippen MR) is 122 cm³/mol. The first kappa shape index (κ1) is 20.2. The normalized spacial score (nSPS) is 15.6. The van der Waals surface area contributed by atoms with Crippen LogP contribution in [-0.2, 0) is 0 Å². The molecule has 0 amide bonds. The maximum atomic E-state index is 6.48. The summed E-state index contributed by atoms with van der Waals surface area (Å²) in [7, 11) is 0. The van der Waals surface area contributed by atoms with E-state index >= 15 is 0 Å². The minimum atomic E-state index is -0.381. The van der Waals surface area contributed by atoms with Gasteiger partial charge in [-0.15, -0.1) is 0 Å². The fourth-order valence-corrected chi connectivity index (χ4v) is 4.38. The highest BCUT2D eigenvalue weighted by molar-refractivity contribution is 6.42. The van der Waals surface area contributed by atoms with E-state index in [1.54, 1.807) is 36.4 Å². The Morgan fingerprint density at radius 2 is 1.32 bits per heavy atom. The van der Waals surface area contributed by atoms with E-state index in [1.165, 1.54) is 0 Å². The van der Waals surface area contributed by atoms with Crippen LogP contribution >= 0.6 is 69.6 Å². The van der Waals surface area contributed by atoms with Gasteiger partial charge in [-0.2, -0.15) is 0 Å². The second-order valence-corrected chi connectivity index (χ2v) is 8.65. The lowest BCUT2D eigenvalue weighted by Crippen LogP contribution is -2.25. The molecule has 3 aromatic rings. The molecule has 142 valence electrons. The maximum Gasteiger partial charge on any atom is 0.0962 e. The molecule has 1 heterocycles. The zero-order chi connectivity index (χ0) is 20.0. The molecule has 1 atom stereocenters. The van der Waals surface area contributed by atoms with Gasteiger partial charge in [0.1, 0.15) is 0 Å². The number of anilines is 1. The number of fused-ring (bicyclic) bond motifs is 1. The Morgan fingerprint density at radius 3 is 2.00 bits per heavy atom. The number of aliphatic imine (C=N–C) groups is 1. The lowest BCUT2D eigenvalue weighted by molar-refractivity contribution is 1.01. The van der Waals surface area contributed by atoms with E-state index in [2.05, 4.69) is 5.32 Å². The van der Waals surface area contributed by atoms with Crippen LogP contribution in [0.4, 0.5) is 11.4 Å². The van der Waals surface area contributed by atoms with E-state index in [0.717, 1.165) is 16.8 Å². The van der Waals surface area contributed by atoms with E-state index in [-0.39, 0.29) is 6.04 Å². The van der Waals surface area contributed by atoms with Crippen LogP contribution in [0.2, 0.25) is 30.1 Å². The topological polar surface area (TPSA) is 24.4 Å². The zero-order valence-electron chi connectivity index (χ0n) is 13.9. The van der Waals surface area contributed by atoms with Gasteiger partial charge >= 0.3 is 0 Å². The van der Waals surface area contributed by atoms with E-state index < -0.39 is 0 Å². The molecular formula is C20H10Cl6N2. The molecule has 1 N–H and O–H groups in total. The average molecular weight is 491 g/mol. The number of hydrogen-bond acceptors (Lipinski definition) is 2.